The molecule has 0 bridgehead atoms. The first-order valence-electron chi connectivity index (χ1n) is 8.76. The molecule has 2 aromatic rings. The Hall–Kier alpha value is -1.96. The summed E-state index contributed by atoms with van der Waals surface area (Å²) >= 11 is 5.73. The summed E-state index contributed by atoms with van der Waals surface area (Å²) in [5.41, 5.74) is 1.51. The highest BCUT2D eigenvalue weighted by Crippen LogP contribution is 2.24. The van der Waals surface area contributed by atoms with Crippen molar-refractivity contribution in [3.8, 4) is 0 Å². The van der Waals surface area contributed by atoms with Gasteiger partial charge in [0.2, 0.25) is 10.0 Å². The number of sulfonamides is 1. The van der Waals surface area contributed by atoms with Gasteiger partial charge < -0.3 is 4.74 Å². The van der Waals surface area contributed by atoms with E-state index in [2.05, 4.69) is 4.98 Å². The van der Waals surface area contributed by atoms with Gasteiger partial charge >= 0.3 is 5.97 Å². The number of hydrogen-bond acceptors (Lipinski definition) is 5. The number of ether oxygens (including phenoxy) is 1. The molecule has 0 amide bonds. The lowest BCUT2D eigenvalue weighted by molar-refractivity contribution is 0.0472. The van der Waals surface area contributed by atoms with Gasteiger partial charge in [-0.1, -0.05) is 30.2 Å². The number of piperidine rings is 1. The first-order chi connectivity index (χ1) is 12.9. The summed E-state index contributed by atoms with van der Waals surface area (Å²) in [7, 11) is -3.62. The summed E-state index contributed by atoms with van der Waals surface area (Å²) < 4.78 is 32.7. The van der Waals surface area contributed by atoms with Crippen molar-refractivity contribution in [2.75, 3.05) is 13.1 Å². The van der Waals surface area contributed by atoms with Gasteiger partial charge in [0.1, 0.15) is 11.8 Å². The van der Waals surface area contributed by atoms with Gasteiger partial charge in [-0.05, 0) is 43.5 Å². The van der Waals surface area contributed by atoms with E-state index in [1.54, 1.807) is 31.2 Å². The molecule has 0 radical (unpaired) electrons. The molecule has 1 aromatic heterocycles. The molecular weight excluding hydrogens is 388 g/mol. The minimum atomic E-state index is -3.62. The lowest BCUT2D eigenvalue weighted by Crippen LogP contribution is -2.36. The molecule has 1 saturated heterocycles. The molecule has 8 heteroatoms. The number of halogens is 1. The van der Waals surface area contributed by atoms with Crippen molar-refractivity contribution in [3.63, 3.8) is 0 Å². The third kappa shape index (κ3) is 4.66. The Morgan fingerprint density at radius 2 is 1.93 bits per heavy atom. The van der Waals surface area contributed by atoms with Crippen LogP contribution in [-0.4, -0.2) is 36.8 Å². The van der Waals surface area contributed by atoms with Gasteiger partial charge in [-0.2, -0.15) is 4.31 Å². The lowest BCUT2D eigenvalue weighted by atomic mass is 10.1. The smallest absolute Gasteiger partial charge is 0.338 e. The monoisotopic (exact) mass is 408 g/mol. The fourth-order valence-electron chi connectivity index (χ4n) is 2.97. The number of hydrogen-bond donors (Lipinski definition) is 0. The highest BCUT2D eigenvalue weighted by molar-refractivity contribution is 7.89. The molecule has 1 fully saturated rings. The molecule has 144 valence electrons. The van der Waals surface area contributed by atoms with Crippen LogP contribution in [0.25, 0.3) is 0 Å². The topological polar surface area (TPSA) is 76.6 Å². The summed E-state index contributed by atoms with van der Waals surface area (Å²) in [6.07, 6.45) is 4.28. The number of carbonyl (C=O) groups is 1. The Morgan fingerprint density at radius 3 is 2.59 bits per heavy atom. The quantitative estimate of drug-likeness (QED) is 0.558. The van der Waals surface area contributed by atoms with Crippen LogP contribution in [0.1, 0.15) is 40.7 Å². The van der Waals surface area contributed by atoms with Crippen LogP contribution in [0.5, 0.6) is 0 Å². The van der Waals surface area contributed by atoms with Gasteiger partial charge in [0.05, 0.1) is 10.5 Å². The van der Waals surface area contributed by atoms with Crippen molar-refractivity contribution < 1.29 is 17.9 Å². The maximum absolute atomic E-state index is 12.9. The van der Waals surface area contributed by atoms with Crippen LogP contribution in [0.4, 0.5) is 0 Å². The van der Waals surface area contributed by atoms with Crippen LogP contribution in [0, 0.1) is 6.92 Å². The molecule has 0 atom stereocenters. The molecule has 6 nitrogen and oxygen atoms in total. The Labute approximate surface area is 164 Å². The van der Waals surface area contributed by atoms with E-state index >= 15 is 0 Å². The molecule has 27 heavy (non-hydrogen) atoms. The number of esters is 1. The van der Waals surface area contributed by atoms with Crippen molar-refractivity contribution in [3.05, 3.63) is 58.4 Å². The molecule has 2 heterocycles. The van der Waals surface area contributed by atoms with Crippen molar-refractivity contribution in [2.24, 2.45) is 0 Å². The Morgan fingerprint density at radius 1 is 1.19 bits per heavy atom. The number of aromatic nitrogens is 1. The third-order valence-electron chi connectivity index (χ3n) is 4.52. The first kappa shape index (κ1) is 19.8. The Bertz CT molecular complexity index is 923. The van der Waals surface area contributed by atoms with Crippen LogP contribution in [0.3, 0.4) is 0 Å². The molecule has 0 spiro atoms. The van der Waals surface area contributed by atoms with E-state index in [-0.39, 0.29) is 17.1 Å². The molecule has 3 rings (SSSR count). The minimum absolute atomic E-state index is 0.0328. The number of rotatable bonds is 5. The SMILES string of the molecule is Cc1ccc(C(=O)OCc2ccc(Cl)nc2)cc1S(=O)(=O)N1CCCCC1. The van der Waals surface area contributed by atoms with E-state index in [0.29, 0.717) is 29.4 Å². The lowest BCUT2D eigenvalue weighted by Gasteiger charge is -2.26. The van der Waals surface area contributed by atoms with Crippen LogP contribution in [0.15, 0.2) is 41.4 Å². The maximum atomic E-state index is 12.9. The van der Waals surface area contributed by atoms with Gasteiger partial charge in [-0.25, -0.2) is 18.2 Å². The molecule has 0 unspecified atom stereocenters. The highest BCUT2D eigenvalue weighted by atomic mass is 35.5. The zero-order valence-corrected chi connectivity index (χ0v) is 16.6. The number of benzene rings is 1. The number of nitrogens with zero attached hydrogens (tertiary/aromatic N) is 2. The van der Waals surface area contributed by atoms with E-state index < -0.39 is 16.0 Å². The van der Waals surface area contributed by atoms with Crippen LogP contribution >= 0.6 is 11.6 Å². The molecule has 0 aliphatic carbocycles. The van der Waals surface area contributed by atoms with E-state index in [1.165, 1.54) is 16.6 Å². The summed E-state index contributed by atoms with van der Waals surface area (Å²) in [5.74, 6) is -0.583. The first-order valence-corrected chi connectivity index (χ1v) is 10.6. The van der Waals surface area contributed by atoms with Gasteiger partial charge in [0.15, 0.2) is 0 Å². The average molecular weight is 409 g/mol. The second-order valence-electron chi connectivity index (χ2n) is 6.51. The summed E-state index contributed by atoms with van der Waals surface area (Å²) in [6.45, 7) is 2.79. The number of carbonyl (C=O) groups excluding carboxylic acids is 1. The maximum Gasteiger partial charge on any atom is 0.338 e. The highest BCUT2D eigenvalue weighted by Gasteiger charge is 2.28. The van der Waals surface area contributed by atoms with Gasteiger partial charge in [0, 0.05) is 24.8 Å². The Kier molecular flexibility index (Phi) is 6.14. The Balaban J connectivity index is 1.77. The number of aryl methyl sites for hydroxylation is 1. The van der Waals surface area contributed by atoms with E-state index in [9.17, 15) is 13.2 Å². The zero-order valence-electron chi connectivity index (χ0n) is 15.0. The van der Waals surface area contributed by atoms with Gasteiger partial charge in [-0.3, -0.25) is 0 Å². The van der Waals surface area contributed by atoms with Crippen LogP contribution < -0.4 is 0 Å². The molecule has 1 aromatic carbocycles. The minimum Gasteiger partial charge on any atom is -0.457 e. The van der Waals surface area contributed by atoms with Crippen molar-refractivity contribution in [1.29, 1.82) is 0 Å². The largest absolute Gasteiger partial charge is 0.457 e. The van der Waals surface area contributed by atoms with Crippen LogP contribution in [0.2, 0.25) is 5.15 Å². The van der Waals surface area contributed by atoms with Gasteiger partial charge in [0.25, 0.3) is 0 Å². The molecule has 0 N–H and O–H groups in total. The fourth-order valence-corrected chi connectivity index (χ4v) is 4.85. The third-order valence-corrected chi connectivity index (χ3v) is 6.78. The average Bonchev–Trinajstić information content (AvgIpc) is 2.68. The van der Waals surface area contributed by atoms with Crippen molar-refractivity contribution in [2.45, 2.75) is 37.7 Å². The summed E-state index contributed by atoms with van der Waals surface area (Å²) in [5, 5.41) is 0.358. The zero-order chi connectivity index (χ0) is 19.4. The van der Waals surface area contributed by atoms with Crippen molar-refractivity contribution in [1.82, 2.24) is 9.29 Å². The standard InChI is InChI=1S/C19H21ClN2O4S/c1-14-5-7-16(19(23)26-13-15-6-8-18(20)21-12-15)11-17(14)27(24,25)22-9-3-2-4-10-22/h5-8,11-12H,2-4,9-10,13H2,1H3. The summed E-state index contributed by atoms with van der Waals surface area (Å²) in [6, 6.07) is 7.94. The van der Waals surface area contributed by atoms with Crippen molar-refractivity contribution >= 4 is 27.6 Å². The normalized spacial score (nSPS) is 15.5. The molecule has 1 aliphatic rings. The molecular formula is C19H21ClN2O4S. The number of pyridine rings is 1. The van der Waals surface area contributed by atoms with E-state index in [1.807, 2.05) is 0 Å². The second kappa shape index (κ2) is 8.37. The predicted molar refractivity (Wildman–Crippen MR) is 102 cm³/mol. The second-order valence-corrected chi connectivity index (χ2v) is 8.80. The van der Waals surface area contributed by atoms with E-state index in [4.69, 9.17) is 16.3 Å². The fraction of sp³-hybridized carbons (Fsp3) is 0.368. The van der Waals surface area contributed by atoms with E-state index in [0.717, 1.165) is 19.3 Å². The van der Waals surface area contributed by atoms with Gasteiger partial charge in [-0.15, -0.1) is 0 Å². The molecule has 1 aliphatic heterocycles. The predicted octanol–water partition coefficient (Wildman–Crippen LogP) is 3.58. The molecule has 0 saturated carbocycles. The van der Waals surface area contributed by atoms with Crippen LogP contribution in [-0.2, 0) is 21.4 Å². The summed E-state index contributed by atoms with van der Waals surface area (Å²) in [4.78, 5) is 16.5.